The van der Waals surface area contributed by atoms with Gasteiger partial charge < -0.3 is 16.2 Å². The minimum absolute atomic E-state index is 0.0890. The Morgan fingerprint density at radius 1 is 1.06 bits per heavy atom. The Kier molecular flexibility index (Phi) is 6.67. The molecule has 4 N–H and O–H groups in total. The summed E-state index contributed by atoms with van der Waals surface area (Å²) >= 11 is 0. The molecule has 0 heterocycles. The van der Waals surface area contributed by atoms with Gasteiger partial charge in [0.25, 0.3) is 0 Å². The predicted molar refractivity (Wildman–Crippen MR) is 74.9 cm³/mol. The molecule has 0 rings (SSSR count). The van der Waals surface area contributed by atoms with Crippen LogP contribution in [-0.4, -0.2) is 24.3 Å². The lowest BCUT2D eigenvalue weighted by Crippen LogP contribution is -2.47. The molecule has 0 aromatic carbocycles. The van der Waals surface area contributed by atoms with Gasteiger partial charge in [-0.25, -0.2) is 0 Å². The van der Waals surface area contributed by atoms with Gasteiger partial charge in [-0.15, -0.1) is 0 Å². The Hall–Kier alpha value is -0.120. The van der Waals surface area contributed by atoms with Crippen LogP contribution in [0.5, 0.6) is 0 Å². The Balaban J connectivity index is 4.57. The molecule has 0 saturated carbocycles. The standard InChI is InChI=1S/C14H32N2O/c1-7-14(8-2,11(3)9-15)17-10-12(4)13(5,6)16/h11-12H,7-10,15-16H2,1-6H3. The molecule has 0 aromatic rings. The second kappa shape index (κ2) is 6.72. The third kappa shape index (κ3) is 4.57. The highest BCUT2D eigenvalue weighted by molar-refractivity contribution is 4.86. The molecule has 3 nitrogen and oxygen atoms in total. The molecule has 0 aliphatic rings. The largest absolute Gasteiger partial charge is 0.374 e. The summed E-state index contributed by atoms with van der Waals surface area (Å²) in [5.74, 6) is 0.718. The number of nitrogens with two attached hydrogens (primary N) is 2. The van der Waals surface area contributed by atoms with Gasteiger partial charge in [-0.2, -0.15) is 0 Å². The summed E-state index contributed by atoms with van der Waals surface area (Å²) in [7, 11) is 0. The molecule has 0 amide bonds. The monoisotopic (exact) mass is 244 g/mol. The lowest BCUT2D eigenvalue weighted by atomic mass is 9.83. The van der Waals surface area contributed by atoms with E-state index >= 15 is 0 Å². The average Bonchev–Trinajstić information content (AvgIpc) is 2.28. The van der Waals surface area contributed by atoms with Crippen molar-refractivity contribution in [2.24, 2.45) is 23.3 Å². The van der Waals surface area contributed by atoms with Gasteiger partial charge in [-0.05, 0) is 45.1 Å². The van der Waals surface area contributed by atoms with E-state index < -0.39 is 0 Å². The Bertz CT molecular complexity index is 207. The van der Waals surface area contributed by atoms with Gasteiger partial charge in [-0.1, -0.05) is 27.7 Å². The van der Waals surface area contributed by atoms with Crippen molar-refractivity contribution in [2.45, 2.75) is 65.5 Å². The fourth-order valence-corrected chi connectivity index (χ4v) is 2.01. The molecule has 0 spiro atoms. The first-order valence-electron chi connectivity index (χ1n) is 6.86. The second-order valence-corrected chi connectivity index (χ2v) is 5.94. The SMILES string of the molecule is CCC(CC)(OCC(C)C(C)(C)N)C(C)CN. The molecule has 0 radical (unpaired) electrons. The van der Waals surface area contributed by atoms with E-state index in [-0.39, 0.29) is 11.1 Å². The summed E-state index contributed by atoms with van der Waals surface area (Å²) in [5, 5.41) is 0. The van der Waals surface area contributed by atoms with Crippen LogP contribution in [0.2, 0.25) is 0 Å². The highest BCUT2D eigenvalue weighted by Crippen LogP contribution is 2.30. The van der Waals surface area contributed by atoms with Gasteiger partial charge in [0.05, 0.1) is 12.2 Å². The van der Waals surface area contributed by atoms with Crippen LogP contribution in [0.15, 0.2) is 0 Å². The average molecular weight is 244 g/mol. The van der Waals surface area contributed by atoms with E-state index in [0.717, 1.165) is 12.8 Å². The molecule has 2 atom stereocenters. The van der Waals surface area contributed by atoms with Crippen LogP contribution < -0.4 is 11.5 Å². The van der Waals surface area contributed by atoms with Gasteiger partial charge >= 0.3 is 0 Å². The molecule has 0 bridgehead atoms. The first kappa shape index (κ1) is 16.9. The lowest BCUT2D eigenvalue weighted by Gasteiger charge is -2.39. The van der Waals surface area contributed by atoms with Crippen molar-refractivity contribution in [1.82, 2.24) is 0 Å². The molecule has 0 aliphatic heterocycles. The van der Waals surface area contributed by atoms with E-state index in [4.69, 9.17) is 16.2 Å². The molecule has 0 saturated heterocycles. The maximum atomic E-state index is 6.21. The van der Waals surface area contributed by atoms with Gasteiger partial charge in [0.1, 0.15) is 0 Å². The second-order valence-electron chi connectivity index (χ2n) is 5.94. The third-order valence-corrected chi connectivity index (χ3v) is 4.34. The fraction of sp³-hybridized carbons (Fsp3) is 1.00. The quantitative estimate of drug-likeness (QED) is 0.690. The van der Waals surface area contributed by atoms with Crippen LogP contribution in [0.3, 0.4) is 0 Å². The zero-order chi connectivity index (χ0) is 13.7. The molecule has 17 heavy (non-hydrogen) atoms. The summed E-state index contributed by atoms with van der Waals surface area (Å²) in [6.45, 7) is 14.1. The zero-order valence-electron chi connectivity index (χ0n) is 12.5. The Labute approximate surface area is 107 Å². The van der Waals surface area contributed by atoms with Gasteiger partial charge in [0.2, 0.25) is 0 Å². The molecule has 0 aliphatic carbocycles. The minimum Gasteiger partial charge on any atom is -0.374 e. The first-order valence-corrected chi connectivity index (χ1v) is 6.86. The Morgan fingerprint density at radius 3 is 1.82 bits per heavy atom. The van der Waals surface area contributed by atoms with E-state index in [0.29, 0.717) is 25.0 Å². The summed E-state index contributed by atoms with van der Waals surface area (Å²) in [5.41, 5.74) is 11.6. The maximum Gasteiger partial charge on any atom is 0.0714 e. The highest BCUT2D eigenvalue weighted by atomic mass is 16.5. The van der Waals surface area contributed by atoms with Crippen LogP contribution in [0.4, 0.5) is 0 Å². The van der Waals surface area contributed by atoms with Crippen molar-refractivity contribution >= 4 is 0 Å². The fourth-order valence-electron chi connectivity index (χ4n) is 2.01. The van der Waals surface area contributed by atoms with Crippen LogP contribution >= 0.6 is 0 Å². The number of rotatable bonds is 8. The summed E-state index contributed by atoms with van der Waals surface area (Å²) in [6, 6.07) is 0. The van der Waals surface area contributed by atoms with E-state index in [1.807, 2.05) is 13.8 Å². The maximum absolute atomic E-state index is 6.21. The molecule has 0 aromatic heterocycles. The van der Waals surface area contributed by atoms with Crippen LogP contribution in [0.1, 0.15) is 54.4 Å². The van der Waals surface area contributed by atoms with Gasteiger partial charge in [0, 0.05) is 5.54 Å². The van der Waals surface area contributed by atoms with E-state index in [9.17, 15) is 0 Å². The van der Waals surface area contributed by atoms with E-state index in [1.165, 1.54) is 0 Å². The number of hydrogen-bond donors (Lipinski definition) is 2. The molecule has 3 heteroatoms. The van der Waals surface area contributed by atoms with Crippen molar-refractivity contribution in [1.29, 1.82) is 0 Å². The molecule has 0 fully saturated rings. The zero-order valence-corrected chi connectivity index (χ0v) is 12.5. The van der Waals surface area contributed by atoms with E-state index in [1.54, 1.807) is 0 Å². The molecular formula is C14H32N2O. The normalized spacial score (nSPS) is 16.9. The topological polar surface area (TPSA) is 61.3 Å². The molecular weight excluding hydrogens is 212 g/mol. The summed E-state index contributed by atoms with van der Waals surface area (Å²) in [4.78, 5) is 0. The highest BCUT2D eigenvalue weighted by Gasteiger charge is 2.34. The predicted octanol–water partition coefficient (Wildman–Crippen LogP) is 2.53. The smallest absolute Gasteiger partial charge is 0.0714 e. The van der Waals surface area contributed by atoms with Crippen LogP contribution in [-0.2, 0) is 4.74 Å². The van der Waals surface area contributed by atoms with Crippen molar-refractivity contribution in [3.05, 3.63) is 0 Å². The summed E-state index contributed by atoms with van der Waals surface area (Å²) in [6.07, 6.45) is 2.00. The first-order chi connectivity index (χ1) is 7.73. The summed E-state index contributed by atoms with van der Waals surface area (Å²) < 4.78 is 6.21. The van der Waals surface area contributed by atoms with E-state index in [2.05, 4.69) is 27.7 Å². The van der Waals surface area contributed by atoms with Crippen molar-refractivity contribution in [3.8, 4) is 0 Å². The third-order valence-electron chi connectivity index (χ3n) is 4.34. The van der Waals surface area contributed by atoms with Crippen LogP contribution in [0, 0.1) is 11.8 Å². The van der Waals surface area contributed by atoms with Crippen molar-refractivity contribution in [3.63, 3.8) is 0 Å². The van der Waals surface area contributed by atoms with Crippen molar-refractivity contribution < 1.29 is 4.74 Å². The van der Waals surface area contributed by atoms with Gasteiger partial charge in [0.15, 0.2) is 0 Å². The minimum atomic E-state index is -0.195. The number of ether oxygens (including phenoxy) is 1. The van der Waals surface area contributed by atoms with Gasteiger partial charge in [-0.3, -0.25) is 0 Å². The van der Waals surface area contributed by atoms with Crippen LogP contribution in [0.25, 0.3) is 0 Å². The number of hydrogen-bond acceptors (Lipinski definition) is 3. The molecule has 2 unspecified atom stereocenters. The lowest BCUT2D eigenvalue weighted by molar-refractivity contribution is -0.102. The Morgan fingerprint density at radius 2 is 1.53 bits per heavy atom. The van der Waals surface area contributed by atoms with Crippen molar-refractivity contribution in [2.75, 3.05) is 13.2 Å². The molecule has 104 valence electrons.